The normalized spacial score (nSPS) is 21.2. The molecule has 3 rings (SSSR count). The van der Waals surface area contributed by atoms with E-state index in [1.165, 1.54) is 4.90 Å². The predicted molar refractivity (Wildman–Crippen MR) is 104 cm³/mol. The van der Waals surface area contributed by atoms with Gasteiger partial charge in [-0.1, -0.05) is 0 Å². The Bertz CT molecular complexity index is 937. The van der Waals surface area contributed by atoms with E-state index in [9.17, 15) is 22.8 Å². The first-order valence-corrected chi connectivity index (χ1v) is 10.7. The smallest absolute Gasteiger partial charge is 0.271 e. The van der Waals surface area contributed by atoms with Crippen LogP contribution in [-0.2, 0) is 19.4 Å². The number of amides is 3. The third-order valence-electron chi connectivity index (χ3n) is 4.67. The maximum absolute atomic E-state index is 12.5. The van der Waals surface area contributed by atoms with Gasteiger partial charge in [-0.15, -0.1) is 0 Å². The second-order valence-corrected chi connectivity index (χ2v) is 9.30. The molecule has 150 valence electrons. The zero-order valence-corrected chi connectivity index (χ0v) is 16.5. The van der Waals surface area contributed by atoms with E-state index in [0.29, 0.717) is 17.7 Å². The first-order chi connectivity index (χ1) is 13.2. The zero-order valence-electron chi connectivity index (χ0n) is 15.7. The SMILES string of the molecule is CN(C)C(=O)c1ccc(NC(=O)C2=NN(C3CCS(=O)(=O)C3)C(=O)CC2)cc1. The second kappa shape index (κ2) is 7.70. The highest BCUT2D eigenvalue weighted by molar-refractivity contribution is 7.91. The number of carbonyl (C=O) groups is 3. The van der Waals surface area contributed by atoms with E-state index in [1.54, 1.807) is 38.4 Å². The van der Waals surface area contributed by atoms with Crippen LogP contribution in [0.1, 0.15) is 29.6 Å². The quantitative estimate of drug-likeness (QED) is 0.781. The number of nitrogens with one attached hydrogen (secondary N) is 1. The predicted octanol–water partition coefficient (Wildman–Crippen LogP) is 0.492. The Labute approximate surface area is 163 Å². The van der Waals surface area contributed by atoms with Crippen molar-refractivity contribution in [3.63, 3.8) is 0 Å². The molecule has 0 aromatic heterocycles. The average Bonchev–Trinajstić information content (AvgIpc) is 3.01. The molecule has 1 aromatic rings. The lowest BCUT2D eigenvalue weighted by Crippen LogP contribution is -2.42. The first kappa shape index (κ1) is 20.0. The van der Waals surface area contributed by atoms with E-state index < -0.39 is 21.8 Å². The number of benzene rings is 1. The highest BCUT2D eigenvalue weighted by Gasteiger charge is 2.37. The largest absolute Gasteiger partial charge is 0.345 e. The lowest BCUT2D eigenvalue weighted by Gasteiger charge is -2.27. The van der Waals surface area contributed by atoms with Gasteiger partial charge in [0, 0.05) is 38.2 Å². The molecule has 0 aliphatic carbocycles. The van der Waals surface area contributed by atoms with Gasteiger partial charge in [-0.05, 0) is 30.7 Å². The summed E-state index contributed by atoms with van der Waals surface area (Å²) in [5, 5.41) is 7.99. The molecule has 28 heavy (non-hydrogen) atoms. The standard InChI is InChI=1S/C18H22N4O5S/c1-21(2)18(25)12-3-5-13(6-4-12)19-17(24)15-7-8-16(23)22(20-15)14-9-10-28(26,27)11-14/h3-6,14H,7-11H2,1-2H3,(H,19,24). The van der Waals surface area contributed by atoms with Crippen molar-refractivity contribution in [2.75, 3.05) is 30.9 Å². The minimum atomic E-state index is -3.17. The maximum Gasteiger partial charge on any atom is 0.271 e. The molecule has 0 spiro atoms. The Morgan fingerprint density at radius 3 is 2.43 bits per heavy atom. The van der Waals surface area contributed by atoms with Gasteiger partial charge in [0.2, 0.25) is 5.91 Å². The molecule has 1 unspecified atom stereocenters. The average molecular weight is 406 g/mol. The summed E-state index contributed by atoms with van der Waals surface area (Å²) in [7, 11) is 0.143. The van der Waals surface area contributed by atoms with E-state index >= 15 is 0 Å². The van der Waals surface area contributed by atoms with Crippen LogP contribution in [0, 0.1) is 0 Å². The summed E-state index contributed by atoms with van der Waals surface area (Å²) >= 11 is 0. The highest BCUT2D eigenvalue weighted by atomic mass is 32.2. The van der Waals surface area contributed by atoms with Crippen molar-refractivity contribution < 1.29 is 22.8 Å². The summed E-state index contributed by atoms with van der Waals surface area (Å²) in [4.78, 5) is 38.0. The van der Waals surface area contributed by atoms with Crippen LogP contribution in [0.4, 0.5) is 5.69 Å². The summed E-state index contributed by atoms with van der Waals surface area (Å²) in [6, 6.07) is 5.94. The van der Waals surface area contributed by atoms with Gasteiger partial charge in [0.25, 0.3) is 11.8 Å². The molecule has 1 N–H and O–H groups in total. The summed E-state index contributed by atoms with van der Waals surface area (Å²) in [5.74, 6) is -0.972. The van der Waals surface area contributed by atoms with Gasteiger partial charge in [-0.25, -0.2) is 13.4 Å². The Morgan fingerprint density at radius 2 is 1.86 bits per heavy atom. The minimum absolute atomic E-state index is 0.0243. The van der Waals surface area contributed by atoms with Crippen molar-refractivity contribution in [2.24, 2.45) is 5.10 Å². The van der Waals surface area contributed by atoms with Crippen molar-refractivity contribution in [2.45, 2.75) is 25.3 Å². The summed E-state index contributed by atoms with van der Waals surface area (Å²) in [6.45, 7) is 0. The van der Waals surface area contributed by atoms with E-state index in [1.807, 2.05) is 0 Å². The van der Waals surface area contributed by atoms with Crippen LogP contribution in [0.5, 0.6) is 0 Å². The van der Waals surface area contributed by atoms with Gasteiger partial charge in [0.05, 0.1) is 17.5 Å². The summed E-state index contributed by atoms with van der Waals surface area (Å²) in [6.07, 6.45) is 0.630. The Morgan fingerprint density at radius 1 is 1.18 bits per heavy atom. The third kappa shape index (κ3) is 4.38. The molecule has 1 aromatic carbocycles. The van der Waals surface area contributed by atoms with Crippen LogP contribution in [0.25, 0.3) is 0 Å². The third-order valence-corrected chi connectivity index (χ3v) is 6.42. The molecule has 1 fully saturated rings. The minimum Gasteiger partial charge on any atom is -0.345 e. The molecule has 0 bridgehead atoms. The van der Waals surface area contributed by atoms with E-state index in [2.05, 4.69) is 10.4 Å². The fraction of sp³-hybridized carbons (Fsp3) is 0.444. The lowest BCUT2D eigenvalue weighted by atomic mass is 10.1. The molecule has 0 saturated carbocycles. The van der Waals surface area contributed by atoms with Crippen molar-refractivity contribution >= 4 is 39.0 Å². The van der Waals surface area contributed by atoms with Crippen molar-refractivity contribution in [3.05, 3.63) is 29.8 Å². The van der Waals surface area contributed by atoms with Gasteiger partial charge >= 0.3 is 0 Å². The molecule has 9 nitrogen and oxygen atoms in total. The number of hydrogen-bond donors (Lipinski definition) is 1. The Kier molecular flexibility index (Phi) is 5.50. The van der Waals surface area contributed by atoms with Crippen molar-refractivity contribution in [1.82, 2.24) is 9.91 Å². The van der Waals surface area contributed by atoms with Crippen LogP contribution in [-0.4, -0.2) is 73.4 Å². The monoisotopic (exact) mass is 406 g/mol. The molecule has 10 heteroatoms. The number of rotatable bonds is 4. The van der Waals surface area contributed by atoms with Gasteiger partial charge in [0.15, 0.2) is 9.84 Å². The number of sulfone groups is 1. The number of nitrogens with zero attached hydrogens (tertiary/aromatic N) is 3. The van der Waals surface area contributed by atoms with Gasteiger partial charge in [-0.2, -0.15) is 5.10 Å². The Balaban J connectivity index is 1.70. The van der Waals surface area contributed by atoms with E-state index in [-0.39, 0.29) is 41.9 Å². The number of hydrogen-bond acceptors (Lipinski definition) is 6. The van der Waals surface area contributed by atoms with Gasteiger partial charge < -0.3 is 10.2 Å². The van der Waals surface area contributed by atoms with Crippen LogP contribution >= 0.6 is 0 Å². The molecule has 0 radical (unpaired) electrons. The lowest BCUT2D eigenvalue weighted by molar-refractivity contribution is -0.133. The number of hydrazone groups is 1. The van der Waals surface area contributed by atoms with Crippen molar-refractivity contribution in [3.8, 4) is 0 Å². The summed E-state index contributed by atoms with van der Waals surface area (Å²) < 4.78 is 23.3. The van der Waals surface area contributed by atoms with Crippen LogP contribution < -0.4 is 5.32 Å². The number of carbonyl (C=O) groups excluding carboxylic acids is 3. The zero-order chi connectivity index (χ0) is 20.5. The number of anilines is 1. The Hall–Kier alpha value is -2.75. The van der Waals surface area contributed by atoms with Crippen LogP contribution in [0.2, 0.25) is 0 Å². The van der Waals surface area contributed by atoms with Gasteiger partial charge in [-0.3, -0.25) is 14.4 Å². The van der Waals surface area contributed by atoms with E-state index in [0.717, 1.165) is 5.01 Å². The molecule has 2 aliphatic heterocycles. The first-order valence-electron chi connectivity index (χ1n) is 8.89. The highest BCUT2D eigenvalue weighted by Crippen LogP contribution is 2.22. The van der Waals surface area contributed by atoms with Crippen molar-refractivity contribution in [1.29, 1.82) is 0 Å². The fourth-order valence-corrected chi connectivity index (χ4v) is 4.84. The molecule has 2 aliphatic rings. The molecule has 3 amide bonds. The topological polar surface area (TPSA) is 116 Å². The van der Waals surface area contributed by atoms with Gasteiger partial charge in [0.1, 0.15) is 5.71 Å². The molecule has 1 atom stereocenters. The molecule has 1 saturated heterocycles. The maximum atomic E-state index is 12.5. The second-order valence-electron chi connectivity index (χ2n) is 7.07. The van der Waals surface area contributed by atoms with E-state index in [4.69, 9.17) is 0 Å². The molecular formula is C18H22N4O5S. The summed E-state index contributed by atoms with van der Waals surface area (Å²) in [5.41, 5.74) is 1.17. The van der Waals surface area contributed by atoms with Crippen LogP contribution in [0.15, 0.2) is 29.4 Å². The fourth-order valence-electron chi connectivity index (χ4n) is 3.15. The van der Waals surface area contributed by atoms with Crippen LogP contribution in [0.3, 0.4) is 0 Å². The molecule has 2 heterocycles. The molecular weight excluding hydrogens is 384 g/mol.